The molecule has 1 aromatic rings. The molecule has 0 saturated carbocycles. The zero-order valence-electron chi connectivity index (χ0n) is 23.4. The van der Waals surface area contributed by atoms with Crippen molar-refractivity contribution in [2.45, 2.75) is 71.9 Å². The van der Waals surface area contributed by atoms with Crippen LogP contribution in [-0.2, 0) is 25.6 Å². The second-order valence-electron chi connectivity index (χ2n) is 10.6. The lowest BCUT2D eigenvalue weighted by Crippen LogP contribution is -2.49. The first-order valence-corrected chi connectivity index (χ1v) is 13.4. The Labute approximate surface area is 230 Å². The number of benzene rings is 1. The van der Waals surface area contributed by atoms with Gasteiger partial charge in [0.25, 0.3) is 0 Å². The second-order valence-corrected chi connectivity index (χ2v) is 10.6. The minimum atomic E-state index is -1.22. The molecule has 0 bridgehead atoms. The Hall–Kier alpha value is -3.47. The molecule has 8 N–H and O–H groups in total. The molecule has 11 heteroatoms. The number of aliphatic hydroxyl groups is 1. The van der Waals surface area contributed by atoms with E-state index < -0.39 is 42.3 Å². The van der Waals surface area contributed by atoms with Crippen molar-refractivity contribution >= 4 is 29.5 Å². The number of nitrogens with one attached hydrogen (secondary N) is 2. The lowest BCUT2D eigenvalue weighted by molar-refractivity contribution is -0.143. The molecule has 0 aliphatic rings. The maximum Gasteiger partial charge on any atom is 0.326 e. The fourth-order valence-corrected chi connectivity index (χ4v) is 4.31. The molecule has 0 heterocycles. The van der Waals surface area contributed by atoms with Crippen molar-refractivity contribution in [1.29, 1.82) is 0 Å². The predicted octanol–water partition coefficient (Wildman–Crippen LogP) is 1.22. The molecular weight excluding hydrogens is 502 g/mol. The summed E-state index contributed by atoms with van der Waals surface area (Å²) in [4.78, 5) is 54.9. The van der Waals surface area contributed by atoms with Gasteiger partial charge in [-0.25, -0.2) is 4.79 Å². The van der Waals surface area contributed by atoms with E-state index in [1.54, 1.807) is 44.2 Å². The lowest BCUT2D eigenvalue weighted by Gasteiger charge is -2.26. The maximum absolute atomic E-state index is 13.2. The molecule has 0 saturated heterocycles. The van der Waals surface area contributed by atoms with Gasteiger partial charge in [-0.15, -0.1) is 0 Å². The van der Waals surface area contributed by atoms with Gasteiger partial charge in [0, 0.05) is 25.3 Å². The smallest absolute Gasteiger partial charge is 0.326 e. The van der Waals surface area contributed by atoms with Gasteiger partial charge in [-0.05, 0) is 36.7 Å². The standard InChI is InChI=1S/C28H45N5O6/c1-17(2)13-20(11-8-12-31-28(29)30)25(36)33-24(18(3)4)23(35)15-21(16-34)26(37)32-22(27(38)39)14-19-9-6-5-7-10-19/h5-7,9-10,17-18,20-22,24,34H,8,11-16H2,1-4H3,(H,32,37)(H,33,36)(H,38,39)(H4,29,30,31)/t20-,21+,22+,24+/m1/s1. The zero-order valence-corrected chi connectivity index (χ0v) is 23.4. The number of guanidine groups is 1. The summed E-state index contributed by atoms with van der Waals surface area (Å²) in [5, 5.41) is 24.7. The van der Waals surface area contributed by atoms with Gasteiger partial charge in [0.15, 0.2) is 11.7 Å². The van der Waals surface area contributed by atoms with Gasteiger partial charge in [-0.3, -0.25) is 19.4 Å². The molecule has 0 unspecified atom stereocenters. The number of hydrogen-bond acceptors (Lipinski definition) is 6. The van der Waals surface area contributed by atoms with Gasteiger partial charge in [0.05, 0.1) is 18.6 Å². The largest absolute Gasteiger partial charge is 0.480 e. The van der Waals surface area contributed by atoms with Crippen LogP contribution in [0, 0.1) is 23.7 Å². The van der Waals surface area contributed by atoms with Crippen molar-refractivity contribution in [3.05, 3.63) is 35.9 Å². The molecule has 11 nitrogen and oxygen atoms in total. The number of carboxylic acid groups (broad SMARTS) is 1. The van der Waals surface area contributed by atoms with Crippen LogP contribution in [0.5, 0.6) is 0 Å². The van der Waals surface area contributed by atoms with E-state index in [1.165, 1.54) is 0 Å². The van der Waals surface area contributed by atoms with Crippen LogP contribution in [0.25, 0.3) is 0 Å². The number of ketones is 1. The van der Waals surface area contributed by atoms with Gasteiger partial charge >= 0.3 is 5.97 Å². The average Bonchev–Trinajstić information content (AvgIpc) is 2.86. The molecule has 1 rings (SSSR count). The fourth-order valence-electron chi connectivity index (χ4n) is 4.31. The van der Waals surface area contributed by atoms with Crippen molar-refractivity contribution in [2.75, 3.05) is 13.2 Å². The Kier molecular flexibility index (Phi) is 14.8. The van der Waals surface area contributed by atoms with Crippen LogP contribution in [0.1, 0.15) is 58.9 Å². The number of carbonyl (C=O) groups excluding carboxylic acids is 3. The SMILES string of the molecule is CC(C)C[C@@H](CCCN=C(N)N)C(=O)N[C@H](C(=O)C[C@@H](CO)C(=O)N[C@@H](Cc1ccccc1)C(=O)O)C(C)C. The molecule has 0 aliphatic carbocycles. The Bertz CT molecular complexity index is 962. The molecule has 0 spiro atoms. The summed E-state index contributed by atoms with van der Waals surface area (Å²) in [5.41, 5.74) is 11.5. The van der Waals surface area contributed by atoms with Crippen LogP contribution in [0.3, 0.4) is 0 Å². The maximum atomic E-state index is 13.2. The molecule has 0 aliphatic heterocycles. The molecule has 2 amide bonds. The minimum absolute atomic E-state index is 0.0115. The summed E-state index contributed by atoms with van der Waals surface area (Å²) < 4.78 is 0. The van der Waals surface area contributed by atoms with E-state index in [0.717, 1.165) is 5.56 Å². The fraction of sp³-hybridized carbons (Fsp3) is 0.607. The van der Waals surface area contributed by atoms with Crippen LogP contribution in [0.2, 0.25) is 0 Å². The number of nitrogens with two attached hydrogens (primary N) is 2. The molecule has 0 aromatic heterocycles. The first-order valence-electron chi connectivity index (χ1n) is 13.4. The zero-order chi connectivity index (χ0) is 29.5. The highest BCUT2D eigenvalue weighted by Crippen LogP contribution is 2.20. The monoisotopic (exact) mass is 547 g/mol. The van der Waals surface area contributed by atoms with Crippen molar-refractivity contribution in [3.8, 4) is 0 Å². The highest BCUT2D eigenvalue weighted by Gasteiger charge is 2.32. The normalized spacial score (nSPS) is 14.2. The molecule has 39 heavy (non-hydrogen) atoms. The van der Waals surface area contributed by atoms with Crippen LogP contribution in [0.4, 0.5) is 0 Å². The number of nitrogens with zero attached hydrogens (tertiary/aromatic N) is 1. The van der Waals surface area contributed by atoms with Gasteiger partial charge in [0.2, 0.25) is 11.8 Å². The number of aliphatic hydroxyl groups excluding tert-OH is 1. The van der Waals surface area contributed by atoms with E-state index >= 15 is 0 Å². The van der Waals surface area contributed by atoms with E-state index in [9.17, 15) is 29.4 Å². The number of aliphatic imine (C=N–C) groups is 1. The Balaban J connectivity index is 2.89. The third-order valence-corrected chi connectivity index (χ3v) is 6.38. The molecule has 0 fully saturated rings. The number of aliphatic carboxylic acids is 1. The average molecular weight is 548 g/mol. The van der Waals surface area contributed by atoms with Crippen molar-refractivity contribution in [2.24, 2.45) is 40.1 Å². The highest BCUT2D eigenvalue weighted by molar-refractivity contribution is 5.94. The van der Waals surface area contributed by atoms with Crippen LogP contribution in [0.15, 0.2) is 35.3 Å². The topological polar surface area (TPSA) is 197 Å². The van der Waals surface area contributed by atoms with E-state index in [0.29, 0.717) is 25.8 Å². The molecule has 0 radical (unpaired) electrons. The van der Waals surface area contributed by atoms with E-state index in [4.69, 9.17) is 11.5 Å². The highest BCUT2D eigenvalue weighted by atomic mass is 16.4. The van der Waals surface area contributed by atoms with Gasteiger partial charge in [0.1, 0.15) is 6.04 Å². The number of carbonyl (C=O) groups is 4. The number of Topliss-reactive ketones (excluding diaryl/α,β-unsaturated/α-hetero) is 1. The van der Waals surface area contributed by atoms with E-state index in [1.807, 2.05) is 13.8 Å². The van der Waals surface area contributed by atoms with Gasteiger partial charge < -0.3 is 32.3 Å². The summed E-state index contributed by atoms with van der Waals surface area (Å²) in [6.07, 6.45) is 1.47. The number of rotatable bonds is 18. The van der Waals surface area contributed by atoms with Crippen LogP contribution in [-0.4, -0.2) is 65.0 Å². The molecule has 218 valence electrons. The quantitative estimate of drug-likeness (QED) is 0.0895. The van der Waals surface area contributed by atoms with Crippen molar-refractivity contribution in [3.63, 3.8) is 0 Å². The molecule has 1 aromatic carbocycles. The second kappa shape index (κ2) is 17.2. The lowest BCUT2D eigenvalue weighted by atomic mass is 9.89. The van der Waals surface area contributed by atoms with Gasteiger partial charge in [-0.2, -0.15) is 0 Å². The van der Waals surface area contributed by atoms with Crippen molar-refractivity contribution < 1.29 is 29.4 Å². The molecular formula is C28H45N5O6. The van der Waals surface area contributed by atoms with E-state index in [2.05, 4.69) is 15.6 Å². The third-order valence-electron chi connectivity index (χ3n) is 6.38. The number of amides is 2. The summed E-state index contributed by atoms with van der Waals surface area (Å²) in [6, 6.07) is 6.73. The number of hydrogen-bond donors (Lipinski definition) is 6. The summed E-state index contributed by atoms with van der Waals surface area (Å²) in [7, 11) is 0. The van der Waals surface area contributed by atoms with E-state index in [-0.39, 0.29) is 42.5 Å². The third kappa shape index (κ3) is 12.8. The first kappa shape index (κ1) is 33.6. The summed E-state index contributed by atoms with van der Waals surface area (Å²) >= 11 is 0. The molecule has 4 atom stereocenters. The first-order chi connectivity index (χ1) is 18.3. The predicted molar refractivity (Wildman–Crippen MR) is 150 cm³/mol. The summed E-state index contributed by atoms with van der Waals surface area (Å²) in [5.74, 6) is -4.17. The van der Waals surface area contributed by atoms with Crippen LogP contribution >= 0.6 is 0 Å². The van der Waals surface area contributed by atoms with Crippen LogP contribution < -0.4 is 22.1 Å². The van der Waals surface area contributed by atoms with Gasteiger partial charge in [-0.1, -0.05) is 58.0 Å². The van der Waals surface area contributed by atoms with Crippen molar-refractivity contribution in [1.82, 2.24) is 10.6 Å². The Morgan fingerprint density at radius 3 is 2.08 bits per heavy atom. The Morgan fingerprint density at radius 1 is 0.949 bits per heavy atom. The minimum Gasteiger partial charge on any atom is -0.480 e. The summed E-state index contributed by atoms with van der Waals surface area (Å²) in [6.45, 7) is 7.34. The Morgan fingerprint density at radius 2 is 1.56 bits per heavy atom. The number of carboxylic acids is 1.